The van der Waals surface area contributed by atoms with Gasteiger partial charge in [0, 0.05) is 30.0 Å². The topological polar surface area (TPSA) is 68.2 Å². The molecule has 1 heterocycles. The molecule has 1 aliphatic carbocycles. The van der Waals surface area contributed by atoms with Crippen molar-refractivity contribution < 1.29 is 13.2 Å². The number of halogens is 1. The zero-order valence-electron chi connectivity index (χ0n) is 11.6. The van der Waals surface area contributed by atoms with E-state index in [0.717, 1.165) is 19.3 Å². The van der Waals surface area contributed by atoms with Crippen molar-refractivity contribution in [1.29, 1.82) is 0 Å². The maximum atomic E-state index is 12.2. The van der Waals surface area contributed by atoms with Crippen molar-refractivity contribution in [1.82, 2.24) is 9.88 Å². The molecular formula is C13H19ClN2O3S. The van der Waals surface area contributed by atoms with Gasteiger partial charge in [0.05, 0.1) is 0 Å². The Labute approximate surface area is 123 Å². The van der Waals surface area contributed by atoms with E-state index in [2.05, 4.69) is 12.2 Å². The minimum Gasteiger partial charge on any atom is -0.350 e. The maximum absolute atomic E-state index is 12.2. The van der Waals surface area contributed by atoms with Crippen molar-refractivity contribution in [2.24, 2.45) is 5.41 Å². The number of nitrogens with one attached hydrogen (secondary N) is 1. The van der Waals surface area contributed by atoms with E-state index in [9.17, 15) is 13.2 Å². The Balaban J connectivity index is 2.19. The molecule has 0 spiro atoms. The zero-order valence-corrected chi connectivity index (χ0v) is 13.2. The third kappa shape index (κ3) is 3.55. The summed E-state index contributed by atoms with van der Waals surface area (Å²) in [6.45, 7) is 5.27. The molecule has 7 heteroatoms. The summed E-state index contributed by atoms with van der Waals surface area (Å²) in [6, 6.07) is 1.34. The van der Waals surface area contributed by atoms with Crippen LogP contribution in [0.3, 0.4) is 0 Å². The molecule has 0 aromatic carbocycles. The van der Waals surface area contributed by atoms with Gasteiger partial charge in [-0.2, -0.15) is 0 Å². The predicted molar refractivity (Wildman–Crippen MR) is 77.4 cm³/mol. The van der Waals surface area contributed by atoms with E-state index in [1.165, 1.54) is 12.3 Å². The lowest BCUT2D eigenvalue weighted by molar-refractivity contribution is 0.0936. The summed E-state index contributed by atoms with van der Waals surface area (Å²) in [6.07, 6.45) is 4.45. The average molecular weight is 319 g/mol. The Morgan fingerprint density at radius 1 is 1.50 bits per heavy atom. The number of hydrogen-bond donors (Lipinski definition) is 1. The van der Waals surface area contributed by atoms with Crippen molar-refractivity contribution in [3.05, 3.63) is 18.0 Å². The molecule has 1 fully saturated rings. The molecule has 0 unspecified atom stereocenters. The first kappa shape index (κ1) is 15.4. The van der Waals surface area contributed by atoms with Crippen molar-refractivity contribution in [2.75, 3.05) is 6.54 Å². The molecule has 2 rings (SSSR count). The van der Waals surface area contributed by atoms with E-state index in [0.29, 0.717) is 18.8 Å². The van der Waals surface area contributed by atoms with Crippen LogP contribution in [0.25, 0.3) is 0 Å². The average Bonchev–Trinajstić information content (AvgIpc) is 2.92. The van der Waals surface area contributed by atoms with Crippen molar-refractivity contribution >= 4 is 25.6 Å². The highest BCUT2D eigenvalue weighted by molar-refractivity contribution is 8.13. The zero-order chi connectivity index (χ0) is 15.0. The molecule has 0 bridgehead atoms. The molecule has 1 aromatic heterocycles. The highest BCUT2D eigenvalue weighted by Gasteiger charge is 2.37. The SMILES string of the molecule is CCCn1cc(S(=O)(=O)Cl)cc1C(=O)NCC1(C)CC1. The third-order valence-corrected chi connectivity index (χ3v) is 4.95. The summed E-state index contributed by atoms with van der Waals surface area (Å²) < 4.78 is 24.4. The van der Waals surface area contributed by atoms with Gasteiger partial charge in [-0.15, -0.1) is 0 Å². The van der Waals surface area contributed by atoms with E-state index < -0.39 is 9.05 Å². The molecule has 1 amide bonds. The van der Waals surface area contributed by atoms with Gasteiger partial charge in [-0.1, -0.05) is 13.8 Å². The van der Waals surface area contributed by atoms with Gasteiger partial charge >= 0.3 is 0 Å². The summed E-state index contributed by atoms with van der Waals surface area (Å²) in [5, 5.41) is 2.87. The molecule has 20 heavy (non-hydrogen) atoms. The van der Waals surface area contributed by atoms with Crippen molar-refractivity contribution in [3.8, 4) is 0 Å². The van der Waals surface area contributed by atoms with E-state index in [1.807, 2.05) is 6.92 Å². The van der Waals surface area contributed by atoms with Crippen molar-refractivity contribution in [2.45, 2.75) is 44.6 Å². The number of nitrogens with zero attached hydrogens (tertiary/aromatic N) is 1. The molecular weight excluding hydrogens is 300 g/mol. The Hall–Kier alpha value is -1.01. The predicted octanol–water partition coefficient (Wildman–Crippen LogP) is 2.36. The lowest BCUT2D eigenvalue weighted by Gasteiger charge is -2.11. The number of carbonyl (C=O) groups excluding carboxylic acids is 1. The number of aromatic nitrogens is 1. The fourth-order valence-corrected chi connectivity index (χ4v) is 2.77. The van der Waals surface area contributed by atoms with Crippen molar-refractivity contribution in [3.63, 3.8) is 0 Å². The number of rotatable bonds is 6. The maximum Gasteiger partial charge on any atom is 0.267 e. The van der Waals surface area contributed by atoms with Crippen LogP contribution in [0.5, 0.6) is 0 Å². The first-order chi connectivity index (χ1) is 9.25. The monoisotopic (exact) mass is 318 g/mol. The van der Waals surface area contributed by atoms with Gasteiger partial charge in [0.2, 0.25) is 0 Å². The van der Waals surface area contributed by atoms with Gasteiger partial charge in [-0.3, -0.25) is 4.79 Å². The molecule has 112 valence electrons. The van der Waals surface area contributed by atoms with Gasteiger partial charge in [-0.05, 0) is 30.7 Å². The first-order valence-corrected chi connectivity index (χ1v) is 8.99. The molecule has 5 nitrogen and oxygen atoms in total. The molecule has 1 aromatic rings. The Morgan fingerprint density at radius 2 is 2.15 bits per heavy atom. The van der Waals surface area contributed by atoms with Crippen LogP contribution in [0.1, 0.15) is 43.6 Å². The summed E-state index contributed by atoms with van der Waals surface area (Å²) in [7, 11) is 1.52. The standard InChI is InChI=1S/C13H19ClN2O3S/c1-3-6-16-8-10(20(14,18)19)7-11(16)12(17)15-9-13(2)4-5-13/h7-8H,3-6,9H2,1-2H3,(H,15,17). The third-order valence-electron chi connectivity index (χ3n) is 3.63. The summed E-state index contributed by atoms with van der Waals surface area (Å²) in [4.78, 5) is 12.2. The van der Waals surface area contributed by atoms with Gasteiger partial charge in [0.1, 0.15) is 10.6 Å². The van der Waals surface area contributed by atoms with Gasteiger partial charge in [-0.25, -0.2) is 8.42 Å². The van der Waals surface area contributed by atoms with E-state index in [1.54, 1.807) is 4.57 Å². The van der Waals surface area contributed by atoms with Gasteiger partial charge in [0.15, 0.2) is 0 Å². The molecule has 1 aliphatic rings. The second-order valence-corrected chi connectivity index (χ2v) is 8.25. The van der Waals surface area contributed by atoms with Crippen LogP contribution < -0.4 is 5.32 Å². The van der Waals surface area contributed by atoms with Crippen LogP contribution in [-0.4, -0.2) is 25.4 Å². The summed E-state index contributed by atoms with van der Waals surface area (Å²) in [5.41, 5.74) is 0.550. The molecule has 0 aliphatic heterocycles. The molecule has 0 saturated heterocycles. The fraction of sp³-hybridized carbons (Fsp3) is 0.615. The molecule has 1 saturated carbocycles. The lowest BCUT2D eigenvalue weighted by atomic mass is 10.1. The van der Waals surface area contributed by atoms with Crippen LogP contribution in [0.15, 0.2) is 17.2 Å². The normalized spacial score (nSPS) is 16.9. The van der Waals surface area contributed by atoms with Crippen LogP contribution in [0.2, 0.25) is 0 Å². The van der Waals surface area contributed by atoms with Crippen LogP contribution in [0, 0.1) is 5.41 Å². The second kappa shape index (κ2) is 5.41. The first-order valence-electron chi connectivity index (χ1n) is 6.68. The molecule has 0 atom stereocenters. The Morgan fingerprint density at radius 3 is 2.65 bits per heavy atom. The van der Waals surface area contributed by atoms with E-state index in [4.69, 9.17) is 10.7 Å². The number of aryl methyl sites for hydroxylation is 1. The van der Waals surface area contributed by atoms with E-state index in [-0.39, 0.29) is 16.2 Å². The smallest absolute Gasteiger partial charge is 0.267 e. The number of hydrogen-bond acceptors (Lipinski definition) is 3. The van der Waals surface area contributed by atoms with Crippen LogP contribution >= 0.6 is 10.7 Å². The lowest BCUT2D eigenvalue weighted by Crippen LogP contribution is -2.30. The summed E-state index contributed by atoms with van der Waals surface area (Å²) >= 11 is 0. The summed E-state index contributed by atoms with van der Waals surface area (Å²) in [5.74, 6) is -0.252. The number of amides is 1. The minimum absolute atomic E-state index is 0.0320. The highest BCUT2D eigenvalue weighted by atomic mass is 35.7. The highest BCUT2D eigenvalue weighted by Crippen LogP contribution is 2.44. The van der Waals surface area contributed by atoms with Gasteiger partial charge in [0.25, 0.3) is 15.0 Å². The minimum atomic E-state index is -3.82. The van der Waals surface area contributed by atoms with Gasteiger partial charge < -0.3 is 9.88 Å². The fourth-order valence-electron chi connectivity index (χ4n) is 2.01. The molecule has 0 radical (unpaired) electrons. The number of carbonyl (C=O) groups is 1. The Kier molecular flexibility index (Phi) is 4.16. The van der Waals surface area contributed by atoms with E-state index >= 15 is 0 Å². The van der Waals surface area contributed by atoms with Crippen LogP contribution in [0.4, 0.5) is 0 Å². The quantitative estimate of drug-likeness (QED) is 0.819. The largest absolute Gasteiger partial charge is 0.350 e. The second-order valence-electron chi connectivity index (χ2n) is 5.69. The Bertz CT molecular complexity index is 618. The van der Waals surface area contributed by atoms with Crippen LogP contribution in [-0.2, 0) is 15.6 Å². The molecule has 1 N–H and O–H groups in total.